The molecule has 0 aromatic heterocycles. The Kier molecular flexibility index (Phi) is 6.70. The second-order valence-electron chi connectivity index (χ2n) is 4.73. The van der Waals surface area contributed by atoms with Crippen molar-refractivity contribution >= 4 is 16.2 Å². The van der Waals surface area contributed by atoms with Crippen molar-refractivity contribution in [3.8, 4) is 0 Å². The highest BCUT2D eigenvalue weighted by molar-refractivity contribution is 7.87. The Labute approximate surface area is 113 Å². The van der Waals surface area contributed by atoms with Crippen molar-refractivity contribution in [2.45, 2.75) is 25.7 Å². The number of carboxylic acid groups (broad SMARTS) is 1. The second-order valence-corrected chi connectivity index (χ2v) is 6.31. The summed E-state index contributed by atoms with van der Waals surface area (Å²) in [5.74, 6) is -1.42. The van der Waals surface area contributed by atoms with Gasteiger partial charge in [0.25, 0.3) is 10.2 Å². The number of nitrogens with one attached hydrogen (secondary N) is 2. The zero-order valence-corrected chi connectivity index (χ0v) is 11.9. The molecule has 0 aromatic rings. The molecule has 8 heteroatoms. The zero-order chi connectivity index (χ0) is 14.3. The quantitative estimate of drug-likeness (QED) is 0.544. The molecule has 2 atom stereocenters. The molecule has 0 aliphatic heterocycles. The van der Waals surface area contributed by atoms with E-state index in [4.69, 9.17) is 9.84 Å². The van der Waals surface area contributed by atoms with E-state index >= 15 is 0 Å². The SMILES string of the molecule is COCCNS(=O)(=O)NCC1CCCCC1C(=O)O. The summed E-state index contributed by atoms with van der Waals surface area (Å²) in [6, 6.07) is 0. The van der Waals surface area contributed by atoms with Crippen LogP contribution < -0.4 is 9.44 Å². The number of hydrogen-bond donors (Lipinski definition) is 3. The third kappa shape index (κ3) is 5.85. The molecule has 19 heavy (non-hydrogen) atoms. The van der Waals surface area contributed by atoms with E-state index < -0.39 is 22.1 Å². The van der Waals surface area contributed by atoms with Gasteiger partial charge in [-0.2, -0.15) is 13.1 Å². The van der Waals surface area contributed by atoms with Crippen molar-refractivity contribution in [2.24, 2.45) is 11.8 Å². The van der Waals surface area contributed by atoms with E-state index in [0.717, 1.165) is 19.3 Å². The number of methoxy groups -OCH3 is 1. The molecular formula is C11H22N2O5S. The molecule has 1 fully saturated rings. The van der Waals surface area contributed by atoms with Crippen LogP contribution in [0, 0.1) is 11.8 Å². The maximum atomic E-state index is 11.6. The Balaban J connectivity index is 2.43. The van der Waals surface area contributed by atoms with Crippen molar-refractivity contribution in [1.82, 2.24) is 9.44 Å². The largest absolute Gasteiger partial charge is 0.481 e. The lowest BCUT2D eigenvalue weighted by Crippen LogP contribution is -2.43. The van der Waals surface area contributed by atoms with Crippen molar-refractivity contribution < 1.29 is 23.1 Å². The van der Waals surface area contributed by atoms with Gasteiger partial charge in [-0.15, -0.1) is 0 Å². The molecule has 7 nitrogen and oxygen atoms in total. The molecule has 1 aliphatic carbocycles. The minimum atomic E-state index is -3.58. The van der Waals surface area contributed by atoms with Crippen LogP contribution in [0.2, 0.25) is 0 Å². The molecule has 0 saturated heterocycles. The zero-order valence-electron chi connectivity index (χ0n) is 11.1. The van der Waals surface area contributed by atoms with Gasteiger partial charge in [0.1, 0.15) is 0 Å². The Hall–Kier alpha value is -0.700. The molecule has 0 aromatic carbocycles. The van der Waals surface area contributed by atoms with Crippen LogP contribution in [0.1, 0.15) is 25.7 Å². The Morgan fingerprint density at radius 3 is 2.63 bits per heavy atom. The Morgan fingerprint density at radius 2 is 2.00 bits per heavy atom. The number of aliphatic carboxylic acids is 1. The van der Waals surface area contributed by atoms with Crippen LogP contribution in [-0.2, 0) is 19.7 Å². The summed E-state index contributed by atoms with van der Waals surface area (Å²) in [6.07, 6.45) is 3.22. The van der Waals surface area contributed by atoms with Crippen LogP contribution in [-0.4, -0.2) is 46.3 Å². The maximum Gasteiger partial charge on any atom is 0.306 e. The number of hydrogen-bond acceptors (Lipinski definition) is 4. The van der Waals surface area contributed by atoms with E-state index in [2.05, 4.69) is 9.44 Å². The van der Waals surface area contributed by atoms with Gasteiger partial charge in [-0.3, -0.25) is 4.79 Å². The van der Waals surface area contributed by atoms with Crippen molar-refractivity contribution in [3.63, 3.8) is 0 Å². The molecule has 0 spiro atoms. The third-order valence-corrected chi connectivity index (χ3v) is 4.49. The average Bonchev–Trinajstić information content (AvgIpc) is 2.37. The minimum absolute atomic E-state index is 0.134. The van der Waals surface area contributed by atoms with E-state index in [1.165, 1.54) is 7.11 Å². The number of carbonyl (C=O) groups is 1. The van der Waals surface area contributed by atoms with E-state index in [1.54, 1.807) is 0 Å². The molecule has 2 unspecified atom stereocenters. The highest BCUT2D eigenvalue weighted by atomic mass is 32.2. The predicted octanol–water partition coefficient (Wildman–Crippen LogP) is -0.0522. The Bertz CT molecular complexity index is 385. The van der Waals surface area contributed by atoms with Crippen molar-refractivity contribution in [1.29, 1.82) is 0 Å². The monoisotopic (exact) mass is 294 g/mol. The lowest BCUT2D eigenvalue weighted by molar-refractivity contribution is -0.144. The molecule has 1 rings (SSSR count). The first kappa shape index (κ1) is 16.4. The molecular weight excluding hydrogens is 272 g/mol. The van der Waals surface area contributed by atoms with Crippen LogP contribution in [0.15, 0.2) is 0 Å². The normalized spacial score (nSPS) is 24.3. The van der Waals surface area contributed by atoms with Crippen LogP contribution in [0.3, 0.4) is 0 Å². The minimum Gasteiger partial charge on any atom is -0.481 e. The molecule has 3 N–H and O–H groups in total. The van der Waals surface area contributed by atoms with Gasteiger partial charge < -0.3 is 9.84 Å². The molecule has 112 valence electrons. The Morgan fingerprint density at radius 1 is 1.32 bits per heavy atom. The van der Waals surface area contributed by atoms with Crippen LogP contribution >= 0.6 is 0 Å². The van der Waals surface area contributed by atoms with Crippen LogP contribution in [0.25, 0.3) is 0 Å². The number of ether oxygens (including phenoxy) is 1. The summed E-state index contributed by atoms with van der Waals surface area (Å²) in [6.45, 7) is 0.653. The van der Waals surface area contributed by atoms with Gasteiger partial charge in [-0.05, 0) is 18.8 Å². The van der Waals surface area contributed by atoms with Gasteiger partial charge >= 0.3 is 5.97 Å². The molecule has 1 saturated carbocycles. The molecule has 0 bridgehead atoms. The highest BCUT2D eigenvalue weighted by Gasteiger charge is 2.31. The van der Waals surface area contributed by atoms with Gasteiger partial charge in [0.2, 0.25) is 0 Å². The maximum absolute atomic E-state index is 11.6. The van der Waals surface area contributed by atoms with E-state index in [0.29, 0.717) is 13.0 Å². The van der Waals surface area contributed by atoms with Gasteiger partial charge in [-0.1, -0.05) is 12.8 Å². The molecule has 0 radical (unpaired) electrons. The van der Waals surface area contributed by atoms with Crippen molar-refractivity contribution in [2.75, 3.05) is 26.8 Å². The number of carboxylic acids is 1. The first-order chi connectivity index (χ1) is 8.96. The van der Waals surface area contributed by atoms with Gasteiger partial charge in [0.15, 0.2) is 0 Å². The van der Waals surface area contributed by atoms with Crippen LogP contribution in [0.4, 0.5) is 0 Å². The smallest absolute Gasteiger partial charge is 0.306 e. The fourth-order valence-corrected chi connectivity index (χ4v) is 3.21. The standard InChI is InChI=1S/C11H22N2O5S/c1-18-7-6-12-19(16,17)13-8-9-4-2-3-5-10(9)11(14)15/h9-10,12-13H,2-8H2,1H3,(H,14,15). The van der Waals surface area contributed by atoms with Gasteiger partial charge in [0, 0.05) is 20.2 Å². The summed E-state index contributed by atoms with van der Waals surface area (Å²) in [5, 5.41) is 9.10. The third-order valence-electron chi connectivity index (χ3n) is 3.36. The first-order valence-electron chi connectivity index (χ1n) is 6.42. The first-order valence-corrected chi connectivity index (χ1v) is 7.90. The fourth-order valence-electron chi connectivity index (χ4n) is 2.32. The van der Waals surface area contributed by atoms with E-state index in [9.17, 15) is 13.2 Å². The molecule has 0 heterocycles. The summed E-state index contributed by atoms with van der Waals surface area (Å²) in [5.41, 5.74) is 0. The van der Waals surface area contributed by atoms with E-state index in [-0.39, 0.29) is 19.0 Å². The summed E-state index contributed by atoms with van der Waals surface area (Å²) < 4.78 is 32.7. The topological polar surface area (TPSA) is 105 Å². The van der Waals surface area contributed by atoms with E-state index in [1.807, 2.05) is 0 Å². The fraction of sp³-hybridized carbons (Fsp3) is 0.909. The predicted molar refractivity (Wildman–Crippen MR) is 69.9 cm³/mol. The second kappa shape index (κ2) is 7.78. The van der Waals surface area contributed by atoms with Gasteiger partial charge in [0.05, 0.1) is 12.5 Å². The summed E-state index contributed by atoms with van der Waals surface area (Å²) in [7, 11) is -2.09. The molecule has 1 aliphatic rings. The van der Waals surface area contributed by atoms with Gasteiger partial charge in [-0.25, -0.2) is 4.72 Å². The van der Waals surface area contributed by atoms with Crippen LogP contribution in [0.5, 0.6) is 0 Å². The highest BCUT2D eigenvalue weighted by Crippen LogP contribution is 2.29. The summed E-state index contributed by atoms with van der Waals surface area (Å²) >= 11 is 0. The summed E-state index contributed by atoms with van der Waals surface area (Å²) in [4.78, 5) is 11.1. The average molecular weight is 294 g/mol. The van der Waals surface area contributed by atoms with Crippen molar-refractivity contribution in [3.05, 3.63) is 0 Å². The molecule has 0 amide bonds. The lowest BCUT2D eigenvalue weighted by Gasteiger charge is -2.28. The number of rotatable bonds is 8. The lowest BCUT2D eigenvalue weighted by atomic mass is 9.79.